The van der Waals surface area contributed by atoms with Gasteiger partial charge >= 0.3 is 0 Å². The molecule has 0 saturated heterocycles. The van der Waals surface area contributed by atoms with Crippen molar-refractivity contribution < 1.29 is 5.11 Å². The number of hydrogen-bond acceptors (Lipinski definition) is 3. The van der Waals surface area contributed by atoms with Crippen LogP contribution in [0.1, 0.15) is 37.8 Å². The molecule has 2 N–H and O–H groups in total. The molecule has 1 atom stereocenters. The fourth-order valence-corrected chi connectivity index (χ4v) is 2.23. The van der Waals surface area contributed by atoms with Gasteiger partial charge in [-0.05, 0) is 38.1 Å². The molecule has 1 aromatic rings. The van der Waals surface area contributed by atoms with Gasteiger partial charge in [0, 0.05) is 19.6 Å². The lowest BCUT2D eigenvalue weighted by molar-refractivity contribution is 0.0336. The van der Waals surface area contributed by atoms with Gasteiger partial charge in [-0.2, -0.15) is 0 Å². The molecule has 1 aromatic carbocycles. The number of likely N-dealkylation sites (N-methyl/N-ethyl adjacent to an activating group) is 1. The Morgan fingerprint density at radius 2 is 1.79 bits per heavy atom. The molecule has 0 aliphatic carbocycles. The van der Waals surface area contributed by atoms with E-state index in [1.807, 2.05) is 25.9 Å². The molecule has 0 heterocycles. The van der Waals surface area contributed by atoms with Crippen molar-refractivity contribution in [3.8, 4) is 0 Å². The summed E-state index contributed by atoms with van der Waals surface area (Å²) >= 11 is 0. The smallest absolute Gasteiger partial charge is 0.0869 e. The molecular weight excluding hydrogens is 236 g/mol. The Labute approximate surface area is 117 Å². The Bertz CT molecular complexity index is 369. The highest BCUT2D eigenvalue weighted by Crippen LogP contribution is 2.14. The number of rotatable bonds is 7. The van der Waals surface area contributed by atoms with Crippen molar-refractivity contribution in [1.82, 2.24) is 10.2 Å². The molecule has 3 heteroatoms. The molecule has 0 aromatic heterocycles. The highest BCUT2D eigenvalue weighted by molar-refractivity contribution is 5.24. The molecule has 0 bridgehead atoms. The summed E-state index contributed by atoms with van der Waals surface area (Å²) < 4.78 is 0. The van der Waals surface area contributed by atoms with Crippen LogP contribution in [0.5, 0.6) is 0 Å². The fourth-order valence-electron chi connectivity index (χ4n) is 2.23. The molecule has 108 valence electrons. The van der Waals surface area contributed by atoms with Crippen LogP contribution >= 0.6 is 0 Å². The maximum Gasteiger partial charge on any atom is 0.0869 e. The minimum absolute atomic E-state index is 0.572. The van der Waals surface area contributed by atoms with Crippen molar-refractivity contribution in [3.63, 3.8) is 0 Å². The van der Waals surface area contributed by atoms with Crippen molar-refractivity contribution in [2.24, 2.45) is 0 Å². The standard InChI is InChI=1S/C16H28N2O/c1-13(2)15-8-6-14(7-9-15)10-17-11-16(3,19)12-18(4)5/h6-9,13,17,19H,10-12H2,1-5H3. The van der Waals surface area contributed by atoms with Crippen molar-refractivity contribution >= 4 is 0 Å². The zero-order chi connectivity index (χ0) is 14.5. The number of benzene rings is 1. The first-order chi connectivity index (χ1) is 8.80. The van der Waals surface area contributed by atoms with Crippen LogP contribution in [-0.4, -0.2) is 42.8 Å². The third-order valence-electron chi connectivity index (χ3n) is 3.14. The number of nitrogens with one attached hydrogen (secondary N) is 1. The summed E-state index contributed by atoms with van der Waals surface area (Å²) in [4.78, 5) is 2.00. The van der Waals surface area contributed by atoms with Gasteiger partial charge in [-0.1, -0.05) is 38.1 Å². The lowest BCUT2D eigenvalue weighted by Crippen LogP contribution is -2.45. The predicted octanol–water partition coefficient (Wildman–Crippen LogP) is 2.21. The zero-order valence-electron chi connectivity index (χ0n) is 12.9. The van der Waals surface area contributed by atoms with Crippen molar-refractivity contribution in [2.45, 2.75) is 38.8 Å². The summed E-state index contributed by atoms with van der Waals surface area (Å²) in [6, 6.07) is 8.67. The second-order valence-electron chi connectivity index (χ2n) is 6.23. The van der Waals surface area contributed by atoms with Crippen LogP contribution in [0.3, 0.4) is 0 Å². The van der Waals surface area contributed by atoms with E-state index in [4.69, 9.17) is 0 Å². The van der Waals surface area contributed by atoms with Crippen LogP contribution in [0, 0.1) is 0 Å². The summed E-state index contributed by atoms with van der Waals surface area (Å²) in [6.45, 7) is 8.31. The Morgan fingerprint density at radius 1 is 1.21 bits per heavy atom. The van der Waals surface area contributed by atoms with Gasteiger partial charge < -0.3 is 15.3 Å². The highest BCUT2D eigenvalue weighted by Gasteiger charge is 2.20. The molecule has 0 amide bonds. The molecule has 0 aliphatic heterocycles. The maximum absolute atomic E-state index is 10.2. The Balaban J connectivity index is 2.40. The Morgan fingerprint density at radius 3 is 2.26 bits per heavy atom. The van der Waals surface area contributed by atoms with Crippen molar-refractivity contribution in [1.29, 1.82) is 0 Å². The molecule has 0 saturated carbocycles. The summed E-state index contributed by atoms with van der Waals surface area (Å²) in [6.07, 6.45) is 0. The lowest BCUT2D eigenvalue weighted by Gasteiger charge is -2.27. The van der Waals surface area contributed by atoms with Crippen LogP contribution < -0.4 is 5.32 Å². The first-order valence-corrected chi connectivity index (χ1v) is 6.97. The van der Waals surface area contributed by atoms with E-state index in [0.717, 1.165) is 6.54 Å². The SMILES string of the molecule is CC(C)c1ccc(CNCC(C)(O)CN(C)C)cc1. The Hall–Kier alpha value is -0.900. The molecule has 3 nitrogen and oxygen atoms in total. The van der Waals surface area contributed by atoms with Gasteiger partial charge in [0.25, 0.3) is 0 Å². The summed E-state index contributed by atoms with van der Waals surface area (Å²) in [5.74, 6) is 0.572. The molecular formula is C16H28N2O. The average molecular weight is 264 g/mol. The number of nitrogens with zero attached hydrogens (tertiary/aromatic N) is 1. The first kappa shape index (κ1) is 16.2. The lowest BCUT2D eigenvalue weighted by atomic mass is 10.0. The molecule has 0 spiro atoms. The highest BCUT2D eigenvalue weighted by atomic mass is 16.3. The van der Waals surface area contributed by atoms with Crippen LogP contribution in [0.4, 0.5) is 0 Å². The molecule has 19 heavy (non-hydrogen) atoms. The Kier molecular flexibility index (Phi) is 5.98. The van der Waals surface area contributed by atoms with Gasteiger partial charge in [0.05, 0.1) is 5.60 Å². The third-order valence-corrected chi connectivity index (χ3v) is 3.14. The minimum atomic E-state index is -0.693. The predicted molar refractivity (Wildman–Crippen MR) is 81.4 cm³/mol. The van der Waals surface area contributed by atoms with Gasteiger partial charge in [0.2, 0.25) is 0 Å². The van der Waals surface area contributed by atoms with Gasteiger partial charge in [-0.3, -0.25) is 0 Å². The monoisotopic (exact) mass is 264 g/mol. The molecule has 0 fully saturated rings. The van der Waals surface area contributed by atoms with E-state index in [0.29, 0.717) is 19.0 Å². The summed E-state index contributed by atoms with van der Waals surface area (Å²) in [7, 11) is 3.94. The quantitative estimate of drug-likeness (QED) is 0.792. The molecule has 1 unspecified atom stereocenters. The van der Waals surface area contributed by atoms with E-state index < -0.39 is 5.60 Å². The van der Waals surface area contributed by atoms with Gasteiger partial charge in [0.15, 0.2) is 0 Å². The average Bonchev–Trinajstić information content (AvgIpc) is 2.27. The van der Waals surface area contributed by atoms with Gasteiger partial charge in [-0.15, -0.1) is 0 Å². The zero-order valence-corrected chi connectivity index (χ0v) is 12.9. The number of aliphatic hydroxyl groups is 1. The van der Waals surface area contributed by atoms with Crippen LogP contribution in [0.25, 0.3) is 0 Å². The van der Waals surface area contributed by atoms with Crippen LogP contribution in [0.15, 0.2) is 24.3 Å². The van der Waals surface area contributed by atoms with Crippen LogP contribution in [-0.2, 0) is 6.54 Å². The van der Waals surface area contributed by atoms with Gasteiger partial charge in [-0.25, -0.2) is 0 Å². The minimum Gasteiger partial charge on any atom is -0.388 e. The van der Waals surface area contributed by atoms with E-state index in [9.17, 15) is 5.11 Å². The maximum atomic E-state index is 10.2. The van der Waals surface area contributed by atoms with E-state index in [-0.39, 0.29) is 0 Å². The largest absolute Gasteiger partial charge is 0.388 e. The topological polar surface area (TPSA) is 35.5 Å². The van der Waals surface area contributed by atoms with E-state index in [1.165, 1.54) is 11.1 Å². The third kappa shape index (κ3) is 6.19. The van der Waals surface area contributed by atoms with Crippen LogP contribution in [0.2, 0.25) is 0 Å². The summed E-state index contributed by atoms with van der Waals surface area (Å²) in [5, 5.41) is 13.5. The molecule has 0 aliphatic rings. The summed E-state index contributed by atoms with van der Waals surface area (Å²) in [5.41, 5.74) is 1.93. The van der Waals surface area contributed by atoms with Gasteiger partial charge in [0.1, 0.15) is 0 Å². The van der Waals surface area contributed by atoms with Crippen molar-refractivity contribution in [2.75, 3.05) is 27.2 Å². The van der Waals surface area contributed by atoms with Crippen molar-refractivity contribution in [3.05, 3.63) is 35.4 Å². The van der Waals surface area contributed by atoms with E-state index in [1.54, 1.807) is 0 Å². The van der Waals surface area contributed by atoms with E-state index in [2.05, 4.69) is 43.4 Å². The van der Waals surface area contributed by atoms with E-state index >= 15 is 0 Å². The normalized spacial score (nSPS) is 14.9. The molecule has 0 radical (unpaired) electrons. The second kappa shape index (κ2) is 7.04. The fraction of sp³-hybridized carbons (Fsp3) is 0.625. The molecule has 1 rings (SSSR count). The first-order valence-electron chi connectivity index (χ1n) is 6.97. The second-order valence-corrected chi connectivity index (χ2v) is 6.23. The number of hydrogen-bond donors (Lipinski definition) is 2.